The van der Waals surface area contributed by atoms with Gasteiger partial charge in [0.05, 0.1) is 12.1 Å². The van der Waals surface area contributed by atoms with Crippen LogP contribution in [0.4, 0.5) is 0 Å². The Morgan fingerprint density at radius 2 is 1.95 bits per heavy atom. The minimum Gasteiger partial charge on any atom is -0.478 e. The van der Waals surface area contributed by atoms with E-state index in [9.17, 15) is 9.90 Å². The largest absolute Gasteiger partial charge is 0.478 e. The van der Waals surface area contributed by atoms with E-state index in [0.717, 1.165) is 25.7 Å². The van der Waals surface area contributed by atoms with Crippen LogP contribution in [0.25, 0.3) is 0 Å². The summed E-state index contributed by atoms with van der Waals surface area (Å²) in [6.45, 7) is 7.05. The summed E-state index contributed by atoms with van der Waals surface area (Å²) in [5.41, 5.74) is -0.141. The molecule has 5 nitrogen and oxygen atoms in total. The molecule has 0 amide bonds. The van der Waals surface area contributed by atoms with Crippen LogP contribution >= 0.6 is 0 Å². The Bertz CT molecular complexity index is 508. The molecule has 1 saturated carbocycles. The molecule has 1 aromatic rings. The molecule has 3 N–H and O–H groups in total. The van der Waals surface area contributed by atoms with Crippen LogP contribution in [0.1, 0.15) is 61.4 Å². The Kier molecular flexibility index (Phi) is 4.44. The normalized spacial score (nSPS) is 20.4. The van der Waals surface area contributed by atoms with Crippen molar-refractivity contribution in [3.05, 3.63) is 23.2 Å². The molecule has 5 heteroatoms. The zero-order valence-electron chi connectivity index (χ0n) is 13.0. The molecule has 118 valence electrons. The van der Waals surface area contributed by atoms with Gasteiger partial charge in [0.15, 0.2) is 0 Å². The second-order valence-electron chi connectivity index (χ2n) is 6.98. The molecular formula is C16H25NO4. The van der Waals surface area contributed by atoms with Gasteiger partial charge in [0, 0.05) is 6.54 Å². The van der Waals surface area contributed by atoms with Crippen molar-refractivity contribution >= 4 is 5.97 Å². The average molecular weight is 295 g/mol. The number of rotatable bonds is 5. The monoisotopic (exact) mass is 295 g/mol. The Balaban J connectivity index is 1.84. The Labute approximate surface area is 125 Å². The molecule has 0 spiro atoms. The van der Waals surface area contributed by atoms with Crippen LogP contribution < -0.4 is 5.32 Å². The van der Waals surface area contributed by atoms with Gasteiger partial charge in [0.1, 0.15) is 17.1 Å². The molecule has 1 aliphatic rings. The molecule has 0 bridgehead atoms. The van der Waals surface area contributed by atoms with E-state index in [1.54, 1.807) is 13.0 Å². The zero-order chi connectivity index (χ0) is 15.7. The molecular weight excluding hydrogens is 270 g/mol. The third-order valence-corrected chi connectivity index (χ3v) is 4.49. The summed E-state index contributed by atoms with van der Waals surface area (Å²) in [5.74, 6) is 0.0257. The molecule has 1 heterocycles. The molecule has 0 unspecified atom stereocenters. The van der Waals surface area contributed by atoms with E-state index < -0.39 is 11.6 Å². The van der Waals surface area contributed by atoms with E-state index in [1.807, 2.05) is 0 Å². The summed E-state index contributed by atoms with van der Waals surface area (Å²) in [6, 6.07) is 1.54. The van der Waals surface area contributed by atoms with Gasteiger partial charge in [-0.15, -0.1) is 0 Å². The Morgan fingerprint density at radius 3 is 2.48 bits per heavy atom. The minimum atomic E-state index is -0.976. The van der Waals surface area contributed by atoms with Crippen molar-refractivity contribution in [2.75, 3.05) is 6.54 Å². The van der Waals surface area contributed by atoms with Gasteiger partial charge in [-0.05, 0) is 44.1 Å². The second kappa shape index (κ2) is 5.81. The number of hydrogen-bond donors (Lipinski definition) is 3. The van der Waals surface area contributed by atoms with Crippen molar-refractivity contribution in [3.8, 4) is 0 Å². The number of nitrogens with one attached hydrogen (secondary N) is 1. The number of aromatic carboxylic acids is 1. The summed E-state index contributed by atoms with van der Waals surface area (Å²) >= 11 is 0. The smallest absolute Gasteiger partial charge is 0.339 e. The van der Waals surface area contributed by atoms with Crippen LogP contribution in [0.3, 0.4) is 0 Å². The average Bonchev–Trinajstić information content (AvgIpc) is 2.75. The molecule has 0 atom stereocenters. The molecule has 2 rings (SSSR count). The lowest BCUT2D eigenvalue weighted by Crippen LogP contribution is -2.44. The number of furan rings is 1. The maximum atomic E-state index is 10.9. The molecule has 1 aliphatic carbocycles. The topological polar surface area (TPSA) is 82.7 Å². The summed E-state index contributed by atoms with van der Waals surface area (Å²) in [7, 11) is 0. The third-order valence-electron chi connectivity index (χ3n) is 4.49. The SMILES string of the molecule is Cc1oc(CNCC2(O)CCC(C)(C)CC2)cc1C(=O)O. The van der Waals surface area contributed by atoms with Crippen molar-refractivity contribution < 1.29 is 19.4 Å². The van der Waals surface area contributed by atoms with Crippen molar-refractivity contribution in [3.63, 3.8) is 0 Å². The predicted molar refractivity (Wildman–Crippen MR) is 79.3 cm³/mol. The predicted octanol–water partition coefficient (Wildman–Crippen LogP) is 2.71. The molecule has 1 fully saturated rings. The van der Waals surface area contributed by atoms with Crippen molar-refractivity contribution in [2.24, 2.45) is 5.41 Å². The summed E-state index contributed by atoms with van der Waals surface area (Å²) < 4.78 is 5.41. The van der Waals surface area contributed by atoms with Gasteiger partial charge in [-0.3, -0.25) is 0 Å². The first-order chi connectivity index (χ1) is 9.71. The number of aryl methyl sites for hydroxylation is 1. The minimum absolute atomic E-state index is 0.199. The maximum Gasteiger partial charge on any atom is 0.339 e. The fourth-order valence-electron chi connectivity index (χ4n) is 2.83. The quantitative estimate of drug-likeness (QED) is 0.778. The van der Waals surface area contributed by atoms with E-state index >= 15 is 0 Å². The van der Waals surface area contributed by atoms with Crippen LogP contribution in [0, 0.1) is 12.3 Å². The first-order valence-electron chi connectivity index (χ1n) is 7.47. The fourth-order valence-corrected chi connectivity index (χ4v) is 2.83. The number of carboxylic acids is 1. The van der Waals surface area contributed by atoms with Crippen LogP contribution in [0.2, 0.25) is 0 Å². The summed E-state index contributed by atoms with van der Waals surface area (Å²) in [4.78, 5) is 10.9. The molecule has 0 radical (unpaired) electrons. The van der Waals surface area contributed by atoms with Gasteiger partial charge in [0.25, 0.3) is 0 Å². The lowest BCUT2D eigenvalue weighted by Gasteiger charge is -2.40. The van der Waals surface area contributed by atoms with Gasteiger partial charge in [-0.25, -0.2) is 4.79 Å². The highest BCUT2D eigenvalue weighted by atomic mass is 16.4. The van der Waals surface area contributed by atoms with Gasteiger partial charge in [0.2, 0.25) is 0 Å². The highest BCUT2D eigenvalue weighted by Gasteiger charge is 2.36. The van der Waals surface area contributed by atoms with E-state index in [1.165, 1.54) is 0 Å². The number of hydrogen-bond acceptors (Lipinski definition) is 4. The van der Waals surface area contributed by atoms with Crippen LogP contribution in [0.5, 0.6) is 0 Å². The summed E-state index contributed by atoms with van der Waals surface area (Å²) in [6.07, 6.45) is 3.64. The van der Waals surface area contributed by atoms with Crippen molar-refractivity contribution in [2.45, 2.75) is 58.6 Å². The number of aliphatic hydroxyl groups is 1. The standard InChI is InChI=1S/C16H25NO4/c1-11-13(14(18)19)8-12(21-11)9-17-10-16(20)6-4-15(2,3)5-7-16/h8,17,20H,4-7,9-10H2,1-3H3,(H,18,19). The lowest BCUT2D eigenvalue weighted by molar-refractivity contribution is -0.0247. The molecule has 0 aliphatic heterocycles. The summed E-state index contributed by atoms with van der Waals surface area (Å²) in [5, 5.41) is 22.7. The van der Waals surface area contributed by atoms with Gasteiger partial charge < -0.3 is 19.9 Å². The van der Waals surface area contributed by atoms with Crippen molar-refractivity contribution in [1.82, 2.24) is 5.32 Å². The maximum absolute atomic E-state index is 10.9. The van der Waals surface area contributed by atoms with Gasteiger partial charge in [-0.1, -0.05) is 13.8 Å². The van der Waals surface area contributed by atoms with Crippen LogP contribution in [-0.2, 0) is 6.54 Å². The van der Waals surface area contributed by atoms with Crippen molar-refractivity contribution in [1.29, 1.82) is 0 Å². The lowest BCUT2D eigenvalue weighted by atomic mass is 9.71. The highest BCUT2D eigenvalue weighted by Crippen LogP contribution is 2.39. The van der Waals surface area contributed by atoms with E-state index in [-0.39, 0.29) is 5.56 Å². The Morgan fingerprint density at radius 1 is 1.33 bits per heavy atom. The number of carboxylic acid groups (broad SMARTS) is 1. The van der Waals surface area contributed by atoms with Crippen LogP contribution in [0.15, 0.2) is 10.5 Å². The first kappa shape index (κ1) is 16.0. The van der Waals surface area contributed by atoms with Gasteiger partial charge >= 0.3 is 5.97 Å². The van der Waals surface area contributed by atoms with E-state index in [0.29, 0.717) is 30.0 Å². The van der Waals surface area contributed by atoms with Crippen LogP contribution in [-0.4, -0.2) is 28.3 Å². The third kappa shape index (κ3) is 4.08. The zero-order valence-corrected chi connectivity index (χ0v) is 13.0. The van der Waals surface area contributed by atoms with Gasteiger partial charge in [-0.2, -0.15) is 0 Å². The second-order valence-corrected chi connectivity index (χ2v) is 6.98. The highest BCUT2D eigenvalue weighted by molar-refractivity contribution is 5.88. The number of carbonyl (C=O) groups is 1. The first-order valence-corrected chi connectivity index (χ1v) is 7.47. The fraction of sp³-hybridized carbons (Fsp3) is 0.688. The molecule has 0 saturated heterocycles. The van der Waals surface area contributed by atoms with E-state index in [4.69, 9.17) is 9.52 Å². The molecule has 0 aromatic carbocycles. The van der Waals surface area contributed by atoms with E-state index in [2.05, 4.69) is 19.2 Å². The molecule has 21 heavy (non-hydrogen) atoms. The molecule has 1 aromatic heterocycles. The Hall–Kier alpha value is -1.33.